The Balaban J connectivity index is 1.74. The lowest BCUT2D eigenvalue weighted by molar-refractivity contribution is 0.0528. The van der Waals surface area contributed by atoms with Gasteiger partial charge in [0.05, 0.1) is 32.7 Å². The number of hydrogen-bond donors (Lipinski definition) is 0. The van der Waals surface area contributed by atoms with Gasteiger partial charge in [-0.2, -0.15) is 0 Å². The summed E-state index contributed by atoms with van der Waals surface area (Å²) in [6, 6.07) is 14.7. The number of aromatic nitrogens is 1. The molecule has 2 heterocycles. The van der Waals surface area contributed by atoms with E-state index in [2.05, 4.69) is 4.98 Å². The molecule has 4 rings (SSSR count). The maximum Gasteiger partial charge on any atom is 0.349 e. The van der Waals surface area contributed by atoms with Gasteiger partial charge < -0.3 is 9.47 Å². The van der Waals surface area contributed by atoms with Crippen molar-refractivity contribution < 1.29 is 18.5 Å². The summed E-state index contributed by atoms with van der Waals surface area (Å²) < 4.78 is 25.2. The normalized spacial score (nSPS) is 12.0. The molecule has 0 aliphatic heterocycles. The average Bonchev–Trinajstić information content (AvgIpc) is 3.40. The molecule has 0 saturated heterocycles. The molecule has 29 heavy (non-hydrogen) atoms. The Bertz CT molecular complexity index is 1150. The van der Waals surface area contributed by atoms with Crippen LogP contribution in [0.2, 0.25) is 0 Å². The molecule has 1 atom stereocenters. The standard InChI is InChI=1S/C21H17NO4S3/c1-2-25-21(23)19-20(29(24)16-6-4-3-5-7-16)17-9-8-14(10-18(17)28-19)26-12-15-11-22-13-27-15/h3-11,13H,2,12H2,1H3. The minimum atomic E-state index is -1.50. The molecular formula is C21H17NO4S3. The molecule has 0 saturated carbocycles. The zero-order chi connectivity index (χ0) is 20.2. The number of thiazole rings is 1. The third kappa shape index (κ3) is 4.24. The van der Waals surface area contributed by atoms with Crippen LogP contribution in [-0.2, 0) is 22.1 Å². The van der Waals surface area contributed by atoms with E-state index in [9.17, 15) is 9.00 Å². The van der Waals surface area contributed by atoms with Crippen molar-refractivity contribution in [3.63, 3.8) is 0 Å². The van der Waals surface area contributed by atoms with Crippen molar-refractivity contribution in [3.05, 3.63) is 70.0 Å². The second-order valence-electron chi connectivity index (χ2n) is 5.98. The van der Waals surface area contributed by atoms with Gasteiger partial charge in [0.1, 0.15) is 17.2 Å². The second kappa shape index (κ2) is 8.86. The molecule has 148 valence electrons. The van der Waals surface area contributed by atoms with Crippen molar-refractivity contribution in [2.45, 2.75) is 23.3 Å². The SMILES string of the molecule is CCOC(=O)c1sc2cc(OCc3cncs3)ccc2c1S(=O)c1ccccc1. The molecule has 8 heteroatoms. The first-order valence-electron chi connectivity index (χ1n) is 8.88. The van der Waals surface area contributed by atoms with Crippen LogP contribution in [0.15, 0.2) is 70.0 Å². The van der Waals surface area contributed by atoms with E-state index in [4.69, 9.17) is 9.47 Å². The van der Waals surface area contributed by atoms with Crippen molar-refractivity contribution in [2.75, 3.05) is 6.61 Å². The molecule has 5 nitrogen and oxygen atoms in total. The van der Waals surface area contributed by atoms with E-state index in [1.807, 2.05) is 36.4 Å². The third-order valence-corrected chi connectivity index (χ3v) is 7.59. The van der Waals surface area contributed by atoms with Gasteiger partial charge in [-0.15, -0.1) is 22.7 Å². The Hall–Kier alpha value is -2.55. The van der Waals surface area contributed by atoms with E-state index in [-0.39, 0.29) is 6.61 Å². The van der Waals surface area contributed by atoms with Crippen molar-refractivity contribution >= 4 is 49.5 Å². The van der Waals surface area contributed by atoms with Gasteiger partial charge in [-0.05, 0) is 37.3 Å². The number of esters is 1. The smallest absolute Gasteiger partial charge is 0.349 e. The summed E-state index contributed by atoms with van der Waals surface area (Å²) in [6.45, 7) is 2.44. The van der Waals surface area contributed by atoms with E-state index in [0.29, 0.717) is 27.0 Å². The Kier molecular flexibility index (Phi) is 6.03. The number of carbonyl (C=O) groups is 1. The molecule has 0 spiro atoms. The Labute approximate surface area is 178 Å². The van der Waals surface area contributed by atoms with Crippen LogP contribution in [0.5, 0.6) is 5.75 Å². The largest absolute Gasteiger partial charge is 0.488 e. The molecule has 0 amide bonds. The predicted octanol–water partition coefficient (Wildman–Crippen LogP) is 5.28. The summed E-state index contributed by atoms with van der Waals surface area (Å²) in [7, 11) is -1.50. The predicted molar refractivity (Wildman–Crippen MR) is 115 cm³/mol. The number of nitrogens with zero attached hydrogens (tertiary/aromatic N) is 1. The summed E-state index contributed by atoms with van der Waals surface area (Å²) in [4.78, 5) is 19.1. The molecule has 0 radical (unpaired) electrons. The first kappa shape index (κ1) is 19.8. The van der Waals surface area contributed by atoms with E-state index < -0.39 is 16.8 Å². The van der Waals surface area contributed by atoms with Crippen LogP contribution in [-0.4, -0.2) is 21.8 Å². The molecule has 0 N–H and O–H groups in total. The average molecular weight is 444 g/mol. The zero-order valence-corrected chi connectivity index (χ0v) is 17.9. The topological polar surface area (TPSA) is 65.5 Å². The van der Waals surface area contributed by atoms with Gasteiger partial charge in [-0.1, -0.05) is 18.2 Å². The van der Waals surface area contributed by atoms with E-state index in [0.717, 1.165) is 15.0 Å². The fraction of sp³-hybridized carbons (Fsp3) is 0.143. The zero-order valence-electron chi connectivity index (χ0n) is 15.5. The summed E-state index contributed by atoms with van der Waals surface area (Å²) in [5.41, 5.74) is 1.76. The molecule has 2 aromatic carbocycles. The summed E-state index contributed by atoms with van der Waals surface area (Å²) >= 11 is 2.80. The lowest BCUT2D eigenvalue weighted by atomic mass is 10.2. The van der Waals surface area contributed by atoms with Gasteiger partial charge in [0, 0.05) is 21.2 Å². The Morgan fingerprint density at radius 2 is 2.00 bits per heavy atom. The van der Waals surface area contributed by atoms with Crippen LogP contribution < -0.4 is 4.74 Å². The second-order valence-corrected chi connectivity index (χ2v) is 9.42. The number of carbonyl (C=O) groups excluding carboxylic acids is 1. The minimum absolute atomic E-state index is 0.258. The van der Waals surface area contributed by atoms with Crippen molar-refractivity contribution in [3.8, 4) is 5.75 Å². The highest BCUT2D eigenvalue weighted by Crippen LogP contribution is 2.38. The van der Waals surface area contributed by atoms with Gasteiger partial charge in [-0.3, -0.25) is 4.98 Å². The number of thiophene rings is 1. The summed E-state index contributed by atoms with van der Waals surface area (Å²) in [6.07, 6.45) is 1.77. The first-order chi connectivity index (χ1) is 14.2. The van der Waals surface area contributed by atoms with E-state index in [1.54, 1.807) is 30.8 Å². The van der Waals surface area contributed by atoms with Crippen molar-refractivity contribution in [2.24, 2.45) is 0 Å². The van der Waals surface area contributed by atoms with Crippen LogP contribution >= 0.6 is 22.7 Å². The van der Waals surface area contributed by atoms with Gasteiger partial charge in [0.15, 0.2) is 0 Å². The van der Waals surface area contributed by atoms with Crippen LogP contribution in [0.1, 0.15) is 21.5 Å². The van der Waals surface area contributed by atoms with Crippen LogP contribution in [0, 0.1) is 0 Å². The fourth-order valence-corrected chi connectivity index (χ4v) is 6.00. The van der Waals surface area contributed by atoms with E-state index >= 15 is 0 Å². The molecule has 4 aromatic rings. The lowest BCUT2D eigenvalue weighted by Gasteiger charge is -2.06. The number of benzene rings is 2. The molecule has 0 fully saturated rings. The molecule has 1 unspecified atom stereocenters. The number of hydrogen-bond acceptors (Lipinski definition) is 7. The number of ether oxygens (including phenoxy) is 2. The van der Waals surface area contributed by atoms with Gasteiger partial charge in [0.2, 0.25) is 0 Å². The minimum Gasteiger partial charge on any atom is -0.488 e. The quantitative estimate of drug-likeness (QED) is 0.364. The summed E-state index contributed by atoms with van der Waals surface area (Å²) in [5, 5.41) is 0.769. The van der Waals surface area contributed by atoms with Crippen LogP contribution in [0.25, 0.3) is 10.1 Å². The first-order valence-corrected chi connectivity index (χ1v) is 11.7. The van der Waals surface area contributed by atoms with Crippen LogP contribution in [0.3, 0.4) is 0 Å². The maximum absolute atomic E-state index is 13.3. The lowest BCUT2D eigenvalue weighted by Crippen LogP contribution is -2.06. The highest BCUT2D eigenvalue weighted by molar-refractivity contribution is 7.85. The monoisotopic (exact) mass is 443 g/mol. The van der Waals surface area contributed by atoms with Gasteiger partial charge >= 0.3 is 5.97 Å². The van der Waals surface area contributed by atoms with E-state index in [1.165, 1.54) is 22.7 Å². The Morgan fingerprint density at radius 3 is 2.72 bits per heavy atom. The van der Waals surface area contributed by atoms with Gasteiger partial charge in [0.25, 0.3) is 0 Å². The third-order valence-electron chi connectivity index (χ3n) is 4.08. The molecule has 0 bridgehead atoms. The molecule has 0 aliphatic carbocycles. The Morgan fingerprint density at radius 1 is 1.17 bits per heavy atom. The van der Waals surface area contributed by atoms with Crippen molar-refractivity contribution in [1.82, 2.24) is 4.98 Å². The highest BCUT2D eigenvalue weighted by Gasteiger charge is 2.25. The molecular weight excluding hydrogens is 426 g/mol. The number of rotatable bonds is 7. The highest BCUT2D eigenvalue weighted by atomic mass is 32.2. The van der Waals surface area contributed by atoms with Crippen molar-refractivity contribution in [1.29, 1.82) is 0 Å². The molecule has 0 aliphatic rings. The van der Waals surface area contributed by atoms with Crippen LogP contribution in [0.4, 0.5) is 0 Å². The maximum atomic E-state index is 13.3. The molecule has 2 aromatic heterocycles. The summed E-state index contributed by atoms with van der Waals surface area (Å²) in [5.74, 6) is 0.222. The van der Waals surface area contributed by atoms with Gasteiger partial charge in [-0.25, -0.2) is 9.00 Å². The fourth-order valence-electron chi connectivity index (χ4n) is 2.79. The number of fused-ring (bicyclic) bond motifs is 1.